The fraction of sp³-hybridized carbons (Fsp3) is 0.385. The van der Waals surface area contributed by atoms with Crippen molar-refractivity contribution in [2.75, 3.05) is 11.9 Å². The van der Waals surface area contributed by atoms with Crippen LogP contribution in [0, 0.1) is 6.92 Å². The molecule has 0 unspecified atom stereocenters. The smallest absolute Gasteiger partial charge is 0.389 e. The molecular formula is C13H15F3N2O3. The highest BCUT2D eigenvalue weighted by Crippen LogP contribution is 2.21. The topological polar surface area (TPSA) is 78.4 Å². The van der Waals surface area contributed by atoms with E-state index in [4.69, 9.17) is 5.11 Å². The quantitative estimate of drug-likeness (QED) is 0.731. The van der Waals surface area contributed by atoms with E-state index < -0.39 is 24.6 Å². The average Bonchev–Trinajstić information content (AvgIpc) is 2.33. The Labute approximate surface area is 119 Å². The predicted octanol–water partition coefficient (Wildman–Crippen LogP) is 3.16. The molecule has 8 heteroatoms. The second kappa shape index (κ2) is 6.96. The van der Waals surface area contributed by atoms with Crippen LogP contribution in [0.4, 0.5) is 23.7 Å². The van der Waals surface area contributed by atoms with Gasteiger partial charge in [-0.05, 0) is 25.0 Å². The number of urea groups is 1. The molecule has 0 aliphatic heterocycles. The van der Waals surface area contributed by atoms with E-state index in [-0.39, 0.29) is 24.2 Å². The fourth-order valence-corrected chi connectivity index (χ4v) is 1.71. The third kappa shape index (κ3) is 5.72. The molecule has 1 rings (SSSR count). The number of benzene rings is 1. The van der Waals surface area contributed by atoms with E-state index in [2.05, 4.69) is 10.6 Å². The van der Waals surface area contributed by atoms with Crippen LogP contribution in [0.15, 0.2) is 18.2 Å². The molecule has 0 aliphatic rings. The highest BCUT2D eigenvalue weighted by atomic mass is 19.4. The Balaban J connectivity index is 2.56. The van der Waals surface area contributed by atoms with Crippen molar-refractivity contribution in [3.63, 3.8) is 0 Å². The lowest BCUT2D eigenvalue weighted by molar-refractivity contribution is -0.135. The third-order valence-electron chi connectivity index (χ3n) is 2.66. The van der Waals surface area contributed by atoms with Crippen LogP contribution in [-0.4, -0.2) is 29.8 Å². The lowest BCUT2D eigenvalue weighted by atomic mass is 10.1. The number of amides is 2. The number of carboxylic acid groups (broad SMARTS) is 1. The van der Waals surface area contributed by atoms with Gasteiger partial charge in [-0.3, -0.25) is 0 Å². The Morgan fingerprint density at radius 3 is 2.52 bits per heavy atom. The van der Waals surface area contributed by atoms with Crippen molar-refractivity contribution in [1.29, 1.82) is 0 Å². The number of hydrogen-bond donors (Lipinski definition) is 3. The van der Waals surface area contributed by atoms with Crippen LogP contribution in [0.2, 0.25) is 0 Å². The summed E-state index contributed by atoms with van der Waals surface area (Å²) in [5.41, 5.74) is 0.510. The summed E-state index contributed by atoms with van der Waals surface area (Å²) >= 11 is 0. The van der Waals surface area contributed by atoms with Crippen LogP contribution in [0.1, 0.15) is 28.8 Å². The van der Waals surface area contributed by atoms with Crippen molar-refractivity contribution in [2.45, 2.75) is 25.9 Å². The van der Waals surface area contributed by atoms with Crippen LogP contribution < -0.4 is 10.6 Å². The first-order chi connectivity index (χ1) is 9.70. The lowest BCUT2D eigenvalue weighted by Gasteiger charge is -2.12. The standard InChI is InChI=1S/C13H15F3N2O3/c1-8-4-2-5-9(10(8)11(19)20)18-12(21)17-7-3-6-13(14,15)16/h2,4-5H,3,6-7H2,1H3,(H,19,20)(H2,17,18,21). The first-order valence-electron chi connectivity index (χ1n) is 6.15. The SMILES string of the molecule is Cc1cccc(NC(=O)NCCCC(F)(F)F)c1C(=O)O. The van der Waals surface area contributed by atoms with Crippen molar-refractivity contribution in [3.8, 4) is 0 Å². The van der Waals surface area contributed by atoms with Gasteiger partial charge < -0.3 is 15.7 Å². The van der Waals surface area contributed by atoms with Crippen LogP contribution in [0.25, 0.3) is 0 Å². The molecule has 116 valence electrons. The van der Waals surface area contributed by atoms with Gasteiger partial charge in [0.05, 0.1) is 11.3 Å². The fourth-order valence-electron chi connectivity index (χ4n) is 1.71. The molecular weight excluding hydrogens is 289 g/mol. The van der Waals surface area contributed by atoms with Gasteiger partial charge in [-0.15, -0.1) is 0 Å². The molecule has 0 radical (unpaired) electrons. The summed E-state index contributed by atoms with van der Waals surface area (Å²) in [4.78, 5) is 22.6. The van der Waals surface area contributed by atoms with Gasteiger partial charge in [0.1, 0.15) is 0 Å². The van der Waals surface area contributed by atoms with Crippen molar-refractivity contribution in [1.82, 2.24) is 5.32 Å². The van der Waals surface area contributed by atoms with Gasteiger partial charge in [-0.25, -0.2) is 9.59 Å². The second-order valence-electron chi connectivity index (χ2n) is 4.40. The number of carbonyl (C=O) groups is 2. The van der Waals surface area contributed by atoms with Gasteiger partial charge in [0, 0.05) is 13.0 Å². The van der Waals surface area contributed by atoms with Gasteiger partial charge in [-0.2, -0.15) is 13.2 Å². The summed E-state index contributed by atoms with van der Waals surface area (Å²) in [5, 5.41) is 13.6. The maximum atomic E-state index is 11.9. The number of rotatable bonds is 5. The minimum atomic E-state index is -4.26. The molecule has 1 aromatic carbocycles. The van der Waals surface area contributed by atoms with Gasteiger partial charge in [0.2, 0.25) is 0 Å². The van der Waals surface area contributed by atoms with E-state index >= 15 is 0 Å². The van der Waals surface area contributed by atoms with Gasteiger partial charge in [0.25, 0.3) is 0 Å². The van der Waals surface area contributed by atoms with Crippen LogP contribution in [0.5, 0.6) is 0 Å². The zero-order chi connectivity index (χ0) is 16.0. The van der Waals surface area contributed by atoms with E-state index in [0.717, 1.165) is 0 Å². The van der Waals surface area contributed by atoms with Crippen molar-refractivity contribution in [3.05, 3.63) is 29.3 Å². The number of carboxylic acids is 1. The Hall–Kier alpha value is -2.25. The molecule has 0 atom stereocenters. The second-order valence-corrected chi connectivity index (χ2v) is 4.40. The Morgan fingerprint density at radius 2 is 1.95 bits per heavy atom. The summed E-state index contributed by atoms with van der Waals surface area (Å²) < 4.78 is 35.8. The molecule has 0 bridgehead atoms. The van der Waals surface area contributed by atoms with E-state index in [1.54, 1.807) is 19.1 Å². The molecule has 0 aromatic heterocycles. The third-order valence-corrected chi connectivity index (χ3v) is 2.66. The normalized spacial score (nSPS) is 11.0. The number of aryl methyl sites for hydroxylation is 1. The first-order valence-corrected chi connectivity index (χ1v) is 6.15. The highest BCUT2D eigenvalue weighted by molar-refractivity contribution is 6.01. The average molecular weight is 304 g/mol. The largest absolute Gasteiger partial charge is 0.478 e. The van der Waals surface area contributed by atoms with Crippen LogP contribution in [-0.2, 0) is 0 Å². The van der Waals surface area contributed by atoms with E-state index in [9.17, 15) is 22.8 Å². The zero-order valence-corrected chi connectivity index (χ0v) is 11.3. The number of carbonyl (C=O) groups excluding carboxylic acids is 1. The molecule has 21 heavy (non-hydrogen) atoms. The maximum Gasteiger partial charge on any atom is 0.389 e. The van der Waals surface area contributed by atoms with Crippen molar-refractivity contribution >= 4 is 17.7 Å². The molecule has 2 amide bonds. The number of anilines is 1. The number of halogens is 3. The molecule has 0 heterocycles. The molecule has 0 spiro atoms. The Bertz CT molecular complexity index is 530. The Kier molecular flexibility index (Phi) is 5.57. The van der Waals surface area contributed by atoms with Gasteiger partial charge in [-0.1, -0.05) is 12.1 Å². The molecule has 3 N–H and O–H groups in total. The summed E-state index contributed by atoms with van der Waals surface area (Å²) in [5.74, 6) is -1.19. The van der Waals surface area contributed by atoms with Crippen LogP contribution >= 0.6 is 0 Å². The molecule has 1 aromatic rings. The summed E-state index contributed by atoms with van der Waals surface area (Å²) in [6, 6.07) is 3.81. The monoisotopic (exact) mass is 304 g/mol. The van der Waals surface area contributed by atoms with Gasteiger partial charge >= 0.3 is 18.2 Å². The molecule has 0 saturated heterocycles. The van der Waals surface area contributed by atoms with Crippen molar-refractivity contribution in [2.24, 2.45) is 0 Å². The minimum absolute atomic E-state index is 0.0528. The maximum absolute atomic E-state index is 11.9. The summed E-state index contributed by atoms with van der Waals surface area (Å²) in [6.45, 7) is 1.43. The Morgan fingerprint density at radius 1 is 1.29 bits per heavy atom. The molecule has 5 nitrogen and oxygen atoms in total. The van der Waals surface area contributed by atoms with E-state index in [1.165, 1.54) is 6.07 Å². The minimum Gasteiger partial charge on any atom is -0.478 e. The number of nitrogens with one attached hydrogen (secondary N) is 2. The van der Waals surface area contributed by atoms with Gasteiger partial charge in [0.15, 0.2) is 0 Å². The van der Waals surface area contributed by atoms with Crippen molar-refractivity contribution < 1.29 is 27.9 Å². The summed E-state index contributed by atoms with van der Waals surface area (Å²) in [7, 11) is 0. The van der Waals surface area contributed by atoms with E-state index in [1.807, 2.05) is 0 Å². The molecule has 0 aliphatic carbocycles. The number of alkyl halides is 3. The lowest BCUT2D eigenvalue weighted by Crippen LogP contribution is -2.30. The highest BCUT2D eigenvalue weighted by Gasteiger charge is 2.26. The molecule has 0 fully saturated rings. The van der Waals surface area contributed by atoms with E-state index in [0.29, 0.717) is 5.56 Å². The predicted molar refractivity (Wildman–Crippen MR) is 70.4 cm³/mol. The first kappa shape index (κ1) is 16.8. The number of hydrogen-bond acceptors (Lipinski definition) is 2. The summed E-state index contributed by atoms with van der Waals surface area (Å²) in [6.07, 6.45) is -5.49. The zero-order valence-electron chi connectivity index (χ0n) is 11.3. The van der Waals surface area contributed by atoms with Crippen LogP contribution in [0.3, 0.4) is 0 Å². The molecule has 0 saturated carbocycles. The number of aromatic carboxylic acids is 1.